The first-order chi connectivity index (χ1) is 9.37. The number of hydrogen-bond donors (Lipinski definition) is 2. The highest BCUT2D eigenvalue weighted by molar-refractivity contribution is 4.94. The molecular formula is C18H38N2. The Balaban J connectivity index is 2.14. The van der Waals surface area contributed by atoms with Crippen LogP contribution in [0.15, 0.2) is 0 Å². The molecule has 1 saturated carbocycles. The van der Waals surface area contributed by atoms with Crippen molar-refractivity contribution >= 4 is 0 Å². The molecule has 0 amide bonds. The lowest BCUT2D eigenvalue weighted by Gasteiger charge is -2.46. The number of unbranched alkanes of at least 4 members (excludes halogenated alkanes) is 5. The molecule has 0 aliphatic heterocycles. The topological polar surface area (TPSA) is 38.0 Å². The molecule has 1 aliphatic carbocycles. The average molecular weight is 283 g/mol. The van der Waals surface area contributed by atoms with Gasteiger partial charge in [-0.05, 0) is 43.1 Å². The normalized spacial score (nSPS) is 29.6. The van der Waals surface area contributed by atoms with E-state index in [-0.39, 0.29) is 0 Å². The SMILES string of the molecule is CCCCCCCCNCC1(C)CC(N)CC(C)(C)C1. The van der Waals surface area contributed by atoms with E-state index in [1.807, 2.05) is 0 Å². The summed E-state index contributed by atoms with van der Waals surface area (Å²) in [7, 11) is 0. The Kier molecular flexibility index (Phi) is 7.53. The molecule has 0 saturated heterocycles. The summed E-state index contributed by atoms with van der Waals surface area (Å²) in [6.45, 7) is 11.8. The lowest BCUT2D eigenvalue weighted by molar-refractivity contribution is 0.0828. The molecule has 2 heteroatoms. The van der Waals surface area contributed by atoms with Gasteiger partial charge in [-0.15, -0.1) is 0 Å². The lowest BCUT2D eigenvalue weighted by Crippen LogP contribution is -2.46. The fraction of sp³-hybridized carbons (Fsp3) is 1.00. The molecule has 0 spiro atoms. The Morgan fingerprint density at radius 1 is 1.00 bits per heavy atom. The molecule has 120 valence electrons. The predicted octanol–water partition coefficient (Wildman–Crippen LogP) is 4.48. The van der Waals surface area contributed by atoms with E-state index in [1.54, 1.807) is 0 Å². The summed E-state index contributed by atoms with van der Waals surface area (Å²) in [6, 6.07) is 0.389. The second-order valence-electron chi connectivity index (χ2n) is 8.26. The average Bonchev–Trinajstić information content (AvgIpc) is 2.29. The van der Waals surface area contributed by atoms with Gasteiger partial charge in [0, 0.05) is 12.6 Å². The molecule has 2 atom stereocenters. The van der Waals surface area contributed by atoms with Gasteiger partial charge in [0.2, 0.25) is 0 Å². The minimum absolute atomic E-state index is 0.389. The molecule has 0 bridgehead atoms. The van der Waals surface area contributed by atoms with Gasteiger partial charge in [-0.2, -0.15) is 0 Å². The second-order valence-corrected chi connectivity index (χ2v) is 8.26. The molecule has 20 heavy (non-hydrogen) atoms. The van der Waals surface area contributed by atoms with Gasteiger partial charge >= 0.3 is 0 Å². The smallest absolute Gasteiger partial charge is 0.00495 e. The molecule has 2 unspecified atom stereocenters. The third-order valence-corrected chi connectivity index (χ3v) is 4.73. The Labute approximate surface area is 127 Å². The molecular weight excluding hydrogens is 244 g/mol. The van der Waals surface area contributed by atoms with Crippen LogP contribution in [0.2, 0.25) is 0 Å². The molecule has 3 N–H and O–H groups in total. The summed E-state index contributed by atoms with van der Waals surface area (Å²) in [4.78, 5) is 0. The van der Waals surface area contributed by atoms with Crippen LogP contribution < -0.4 is 11.1 Å². The monoisotopic (exact) mass is 282 g/mol. The quantitative estimate of drug-likeness (QED) is 0.612. The first-order valence-electron chi connectivity index (χ1n) is 8.83. The van der Waals surface area contributed by atoms with Crippen molar-refractivity contribution in [3.05, 3.63) is 0 Å². The van der Waals surface area contributed by atoms with Gasteiger partial charge in [-0.25, -0.2) is 0 Å². The highest BCUT2D eigenvalue weighted by atomic mass is 14.9. The van der Waals surface area contributed by atoms with E-state index in [2.05, 4.69) is 33.0 Å². The summed E-state index contributed by atoms with van der Waals surface area (Å²) in [5.74, 6) is 0. The maximum absolute atomic E-state index is 6.26. The van der Waals surface area contributed by atoms with Crippen molar-refractivity contribution in [2.24, 2.45) is 16.6 Å². The van der Waals surface area contributed by atoms with Crippen molar-refractivity contribution < 1.29 is 0 Å². The molecule has 0 aromatic rings. The van der Waals surface area contributed by atoms with Crippen LogP contribution in [0.5, 0.6) is 0 Å². The molecule has 0 aromatic carbocycles. The van der Waals surface area contributed by atoms with Crippen LogP contribution in [0.1, 0.15) is 85.5 Å². The zero-order valence-corrected chi connectivity index (χ0v) is 14.4. The van der Waals surface area contributed by atoms with E-state index in [9.17, 15) is 0 Å². The van der Waals surface area contributed by atoms with Gasteiger partial charge < -0.3 is 11.1 Å². The largest absolute Gasteiger partial charge is 0.328 e. The Hall–Kier alpha value is -0.0800. The van der Waals surface area contributed by atoms with E-state index in [0.29, 0.717) is 16.9 Å². The van der Waals surface area contributed by atoms with Crippen LogP contribution in [0, 0.1) is 10.8 Å². The van der Waals surface area contributed by atoms with Crippen molar-refractivity contribution in [1.82, 2.24) is 5.32 Å². The fourth-order valence-corrected chi connectivity index (χ4v) is 4.27. The maximum Gasteiger partial charge on any atom is 0.00495 e. The summed E-state index contributed by atoms with van der Waals surface area (Å²) in [5.41, 5.74) is 7.06. The van der Waals surface area contributed by atoms with Crippen molar-refractivity contribution in [2.45, 2.75) is 91.5 Å². The van der Waals surface area contributed by atoms with Crippen LogP contribution in [0.3, 0.4) is 0 Å². The van der Waals surface area contributed by atoms with Gasteiger partial charge in [-0.1, -0.05) is 59.8 Å². The van der Waals surface area contributed by atoms with Gasteiger partial charge in [0.05, 0.1) is 0 Å². The predicted molar refractivity (Wildman–Crippen MR) is 90.0 cm³/mol. The first-order valence-corrected chi connectivity index (χ1v) is 8.83. The van der Waals surface area contributed by atoms with E-state index < -0.39 is 0 Å². The number of rotatable bonds is 9. The van der Waals surface area contributed by atoms with Gasteiger partial charge in [0.1, 0.15) is 0 Å². The zero-order valence-electron chi connectivity index (χ0n) is 14.4. The minimum Gasteiger partial charge on any atom is -0.328 e. The minimum atomic E-state index is 0.389. The van der Waals surface area contributed by atoms with Crippen molar-refractivity contribution in [1.29, 1.82) is 0 Å². The van der Waals surface area contributed by atoms with E-state index in [1.165, 1.54) is 64.3 Å². The third-order valence-electron chi connectivity index (χ3n) is 4.73. The summed E-state index contributed by atoms with van der Waals surface area (Å²) >= 11 is 0. The highest BCUT2D eigenvalue weighted by Crippen LogP contribution is 2.45. The zero-order chi connectivity index (χ0) is 15.1. The molecule has 0 heterocycles. The maximum atomic E-state index is 6.26. The van der Waals surface area contributed by atoms with Crippen molar-refractivity contribution in [3.8, 4) is 0 Å². The van der Waals surface area contributed by atoms with Gasteiger partial charge in [0.25, 0.3) is 0 Å². The molecule has 0 radical (unpaired) electrons. The number of hydrogen-bond acceptors (Lipinski definition) is 2. The highest BCUT2D eigenvalue weighted by Gasteiger charge is 2.39. The summed E-state index contributed by atoms with van der Waals surface area (Å²) in [6.07, 6.45) is 11.9. The number of nitrogens with one attached hydrogen (secondary N) is 1. The molecule has 0 aromatic heterocycles. The second kappa shape index (κ2) is 8.38. The lowest BCUT2D eigenvalue weighted by atomic mass is 9.63. The van der Waals surface area contributed by atoms with E-state index in [0.717, 1.165) is 6.54 Å². The molecule has 1 rings (SSSR count). The molecule has 2 nitrogen and oxygen atoms in total. The Morgan fingerprint density at radius 3 is 2.30 bits per heavy atom. The molecule has 1 fully saturated rings. The summed E-state index contributed by atoms with van der Waals surface area (Å²) in [5, 5.41) is 3.69. The Bertz CT molecular complexity index is 262. The summed E-state index contributed by atoms with van der Waals surface area (Å²) < 4.78 is 0. The Morgan fingerprint density at radius 2 is 1.65 bits per heavy atom. The van der Waals surface area contributed by atoms with Crippen LogP contribution in [-0.4, -0.2) is 19.1 Å². The first kappa shape index (κ1) is 18.0. The van der Waals surface area contributed by atoms with E-state index in [4.69, 9.17) is 5.73 Å². The molecule has 1 aliphatic rings. The third kappa shape index (κ3) is 7.08. The standard InChI is InChI=1S/C18H38N2/c1-5-6-7-8-9-10-11-20-15-18(4)13-16(19)12-17(2,3)14-18/h16,20H,5-15,19H2,1-4H3. The van der Waals surface area contributed by atoms with Crippen molar-refractivity contribution in [3.63, 3.8) is 0 Å². The fourth-order valence-electron chi connectivity index (χ4n) is 4.27. The van der Waals surface area contributed by atoms with E-state index >= 15 is 0 Å². The van der Waals surface area contributed by atoms with Crippen LogP contribution in [0.25, 0.3) is 0 Å². The number of nitrogens with two attached hydrogens (primary N) is 1. The van der Waals surface area contributed by atoms with Crippen LogP contribution >= 0.6 is 0 Å². The van der Waals surface area contributed by atoms with Crippen molar-refractivity contribution in [2.75, 3.05) is 13.1 Å². The van der Waals surface area contributed by atoms with Gasteiger partial charge in [-0.3, -0.25) is 0 Å². The van der Waals surface area contributed by atoms with Gasteiger partial charge in [0.15, 0.2) is 0 Å². The van der Waals surface area contributed by atoms with Crippen LogP contribution in [-0.2, 0) is 0 Å². The van der Waals surface area contributed by atoms with Crippen LogP contribution in [0.4, 0.5) is 0 Å².